The normalized spacial score (nSPS) is 28.1. The molecule has 1 saturated heterocycles. The highest BCUT2D eigenvalue weighted by Gasteiger charge is 2.23. The van der Waals surface area contributed by atoms with Gasteiger partial charge in [0.1, 0.15) is 0 Å². The summed E-state index contributed by atoms with van der Waals surface area (Å²) in [4.78, 5) is 0. The van der Waals surface area contributed by atoms with E-state index in [1.807, 2.05) is 0 Å². The third kappa shape index (κ3) is 2.72. The molecule has 1 N–H and O–H groups in total. The zero-order chi connectivity index (χ0) is 11.7. The minimum atomic E-state index is 0.581. The molecule has 3 rings (SSSR count). The molecule has 1 aromatic rings. The molecule has 1 heterocycles. The maximum Gasteiger partial charge on any atom is 0.0620 e. The summed E-state index contributed by atoms with van der Waals surface area (Å²) in [6.07, 6.45) is 4.78. The van der Waals surface area contributed by atoms with E-state index in [0.717, 1.165) is 13.2 Å². The Morgan fingerprint density at radius 3 is 2.94 bits per heavy atom. The molecule has 0 aromatic heterocycles. The Bertz CT molecular complexity index is 401. The zero-order valence-corrected chi connectivity index (χ0v) is 11.5. The lowest BCUT2D eigenvalue weighted by Crippen LogP contribution is -2.41. The molecule has 2 atom stereocenters. The minimum absolute atomic E-state index is 0.581. The van der Waals surface area contributed by atoms with Crippen molar-refractivity contribution in [3.05, 3.63) is 33.8 Å². The van der Waals surface area contributed by atoms with Crippen molar-refractivity contribution in [2.75, 3.05) is 13.2 Å². The van der Waals surface area contributed by atoms with Crippen molar-refractivity contribution >= 4 is 15.9 Å². The van der Waals surface area contributed by atoms with Crippen molar-refractivity contribution in [2.24, 2.45) is 0 Å². The van der Waals surface area contributed by atoms with Gasteiger partial charge in [-0.15, -0.1) is 0 Å². The Hall–Kier alpha value is -0.380. The lowest BCUT2D eigenvalue weighted by atomic mass is 9.88. The van der Waals surface area contributed by atoms with Crippen molar-refractivity contribution in [1.82, 2.24) is 5.32 Å². The number of aryl methyl sites for hydroxylation is 1. The van der Waals surface area contributed by atoms with Gasteiger partial charge in [0, 0.05) is 23.2 Å². The van der Waals surface area contributed by atoms with Crippen LogP contribution in [0.25, 0.3) is 0 Å². The van der Waals surface area contributed by atoms with E-state index in [2.05, 4.69) is 39.4 Å². The van der Waals surface area contributed by atoms with Crippen LogP contribution in [0.3, 0.4) is 0 Å². The van der Waals surface area contributed by atoms with Gasteiger partial charge < -0.3 is 10.1 Å². The first kappa shape index (κ1) is 11.7. The van der Waals surface area contributed by atoms with Gasteiger partial charge >= 0.3 is 0 Å². The van der Waals surface area contributed by atoms with E-state index in [1.54, 1.807) is 0 Å². The molecule has 1 fully saturated rings. The summed E-state index contributed by atoms with van der Waals surface area (Å²) in [5, 5.41) is 3.74. The Kier molecular flexibility index (Phi) is 3.50. The van der Waals surface area contributed by atoms with Crippen LogP contribution in [0.1, 0.15) is 24.0 Å². The Morgan fingerprint density at radius 2 is 2.12 bits per heavy atom. The molecule has 2 aliphatic rings. The molecule has 3 heteroatoms. The highest BCUT2D eigenvalue weighted by atomic mass is 79.9. The number of rotatable bonds is 2. The first-order valence-corrected chi connectivity index (χ1v) is 7.21. The summed E-state index contributed by atoms with van der Waals surface area (Å²) >= 11 is 3.54. The predicted molar refractivity (Wildman–Crippen MR) is 72.3 cm³/mol. The highest BCUT2D eigenvalue weighted by molar-refractivity contribution is 9.10. The summed E-state index contributed by atoms with van der Waals surface area (Å²) in [7, 11) is 0. The van der Waals surface area contributed by atoms with Crippen LogP contribution in [-0.4, -0.2) is 25.3 Å². The molecule has 0 radical (unpaired) electrons. The number of ether oxygens (including phenoxy) is 1. The Labute approximate surface area is 111 Å². The molecule has 0 amide bonds. The zero-order valence-electron chi connectivity index (χ0n) is 9.92. The number of halogens is 1. The second kappa shape index (κ2) is 5.09. The van der Waals surface area contributed by atoms with Gasteiger partial charge in [-0.3, -0.25) is 0 Å². The van der Waals surface area contributed by atoms with Crippen LogP contribution in [0.15, 0.2) is 22.7 Å². The monoisotopic (exact) mass is 295 g/mol. The molecule has 2 nitrogen and oxygen atoms in total. The molecule has 0 spiro atoms. The minimum Gasteiger partial charge on any atom is -0.380 e. The first-order valence-electron chi connectivity index (χ1n) is 6.42. The second-order valence-electron chi connectivity index (χ2n) is 5.08. The molecule has 1 aliphatic carbocycles. The van der Waals surface area contributed by atoms with Gasteiger partial charge in [0.15, 0.2) is 0 Å². The maximum absolute atomic E-state index is 5.42. The van der Waals surface area contributed by atoms with Gasteiger partial charge in [0.05, 0.1) is 6.61 Å². The van der Waals surface area contributed by atoms with Gasteiger partial charge in [-0.2, -0.15) is 0 Å². The quantitative estimate of drug-likeness (QED) is 0.906. The number of hydrogen-bond donors (Lipinski definition) is 1. The van der Waals surface area contributed by atoms with Crippen molar-refractivity contribution in [1.29, 1.82) is 0 Å². The molecule has 17 heavy (non-hydrogen) atoms. The van der Waals surface area contributed by atoms with E-state index in [0.29, 0.717) is 12.1 Å². The van der Waals surface area contributed by atoms with Gasteiger partial charge in [0.25, 0.3) is 0 Å². The van der Waals surface area contributed by atoms with E-state index in [-0.39, 0.29) is 0 Å². The van der Waals surface area contributed by atoms with E-state index in [1.165, 1.54) is 41.3 Å². The number of fused-ring (bicyclic) bond motifs is 1. The molecule has 0 bridgehead atoms. The van der Waals surface area contributed by atoms with E-state index in [9.17, 15) is 0 Å². The van der Waals surface area contributed by atoms with Crippen LogP contribution in [0.5, 0.6) is 0 Å². The topological polar surface area (TPSA) is 21.3 Å². The smallest absolute Gasteiger partial charge is 0.0620 e. The van der Waals surface area contributed by atoms with Crippen molar-refractivity contribution in [3.63, 3.8) is 0 Å². The van der Waals surface area contributed by atoms with Crippen LogP contribution < -0.4 is 5.32 Å². The number of benzene rings is 1. The molecule has 1 aliphatic heterocycles. The average Bonchev–Trinajstić information content (AvgIpc) is 2.82. The van der Waals surface area contributed by atoms with Gasteiger partial charge in [-0.25, -0.2) is 0 Å². The van der Waals surface area contributed by atoms with Crippen molar-refractivity contribution < 1.29 is 4.74 Å². The molecular formula is C14H18BrNO. The predicted octanol–water partition coefficient (Wildman–Crippen LogP) is 2.68. The van der Waals surface area contributed by atoms with Crippen LogP contribution in [0.4, 0.5) is 0 Å². The van der Waals surface area contributed by atoms with Crippen LogP contribution >= 0.6 is 15.9 Å². The Morgan fingerprint density at radius 1 is 1.18 bits per heavy atom. The van der Waals surface area contributed by atoms with E-state index < -0.39 is 0 Å². The number of hydrogen-bond acceptors (Lipinski definition) is 2. The maximum atomic E-state index is 5.42. The molecule has 2 unspecified atom stereocenters. The molecular weight excluding hydrogens is 278 g/mol. The fourth-order valence-corrected chi connectivity index (χ4v) is 3.27. The third-order valence-corrected chi connectivity index (χ3v) is 4.29. The van der Waals surface area contributed by atoms with Crippen LogP contribution in [0.2, 0.25) is 0 Å². The van der Waals surface area contributed by atoms with Gasteiger partial charge in [-0.1, -0.05) is 22.0 Å². The first-order chi connectivity index (χ1) is 8.31. The average molecular weight is 296 g/mol. The standard InChI is InChI=1S/C14H18BrNO/c15-12-3-1-11-8-13(4-2-10(11)7-12)16-14-5-6-17-9-14/h1,3,7,13-14,16H,2,4-6,8-9H2. The summed E-state index contributed by atoms with van der Waals surface area (Å²) < 4.78 is 6.62. The summed E-state index contributed by atoms with van der Waals surface area (Å²) in [5.74, 6) is 0. The molecule has 0 saturated carbocycles. The lowest BCUT2D eigenvalue weighted by molar-refractivity contribution is 0.187. The summed E-state index contributed by atoms with van der Waals surface area (Å²) in [6.45, 7) is 1.82. The van der Waals surface area contributed by atoms with Crippen LogP contribution in [-0.2, 0) is 17.6 Å². The summed E-state index contributed by atoms with van der Waals surface area (Å²) in [5.41, 5.74) is 3.02. The van der Waals surface area contributed by atoms with Crippen LogP contribution in [0, 0.1) is 0 Å². The Balaban J connectivity index is 1.65. The summed E-state index contributed by atoms with van der Waals surface area (Å²) in [6, 6.07) is 7.90. The third-order valence-electron chi connectivity index (χ3n) is 3.80. The lowest BCUT2D eigenvalue weighted by Gasteiger charge is -2.28. The van der Waals surface area contributed by atoms with Crippen molar-refractivity contribution in [2.45, 2.75) is 37.8 Å². The molecule has 1 aromatic carbocycles. The number of nitrogens with one attached hydrogen (secondary N) is 1. The van der Waals surface area contributed by atoms with Crippen molar-refractivity contribution in [3.8, 4) is 0 Å². The fraction of sp³-hybridized carbons (Fsp3) is 0.571. The SMILES string of the molecule is Brc1ccc2c(c1)CCC(NC1CCOC1)C2. The van der Waals surface area contributed by atoms with E-state index in [4.69, 9.17) is 4.74 Å². The largest absolute Gasteiger partial charge is 0.380 e. The van der Waals surface area contributed by atoms with Gasteiger partial charge in [0.2, 0.25) is 0 Å². The fourth-order valence-electron chi connectivity index (χ4n) is 2.87. The highest BCUT2D eigenvalue weighted by Crippen LogP contribution is 2.25. The molecule has 92 valence electrons. The second-order valence-corrected chi connectivity index (χ2v) is 6.00. The van der Waals surface area contributed by atoms with E-state index >= 15 is 0 Å². The van der Waals surface area contributed by atoms with Gasteiger partial charge in [-0.05, 0) is 48.9 Å².